The number of phenolic OH excluding ortho intramolecular Hbond substituents is 1. The van der Waals surface area contributed by atoms with Crippen LogP contribution < -0.4 is 10.5 Å². The van der Waals surface area contributed by atoms with E-state index < -0.39 is 12.0 Å². The lowest BCUT2D eigenvalue weighted by Gasteiger charge is -2.15. The zero-order chi connectivity index (χ0) is 13.2. The average Bonchev–Trinajstić information content (AvgIpc) is 2.28. The summed E-state index contributed by atoms with van der Waals surface area (Å²) in [6.45, 7) is 1.69. The molecule has 0 aromatic heterocycles. The van der Waals surface area contributed by atoms with Crippen molar-refractivity contribution in [3.8, 4) is 11.5 Å². The van der Waals surface area contributed by atoms with E-state index in [0.717, 1.165) is 0 Å². The molecule has 1 aromatic rings. The first kappa shape index (κ1) is 13.6. The number of methoxy groups -OCH3 is 1. The van der Waals surface area contributed by atoms with E-state index in [1.54, 1.807) is 6.92 Å². The maximum atomic E-state index is 10.7. The third-order valence-electron chi connectivity index (χ3n) is 2.55. The van der Waals surface area contributed by atoms with E-state index in [-0.39, 0.29) is 17.9 Å². The van der Waals surface area contributed by atoms with Crippen LogP contribution in [0.4, 0.5) is 0 Å². The molecule has 4 N–H and O–H groups in total. The Hall–Kier alpha value is -1.46. The molecule has 0 fully saturated rings. The van der Waals surface area contributed by atoms with E-state index in [2.05, 4.69) is 0 Å². The lowest BCUT2D eigenvalue weighted by atomic mass is 9.99. The summed E-state index contributed by atoms with van der Waals surface area (Å²) < 4.78 is 4.94. The summed E-state index contributed by atoms with van der Waals surface area (Å²) in [7, 11) is 1.39. The second-order valence-electron chi connectivity index (χ2n) is 3.66. The van der Waals surface area contributed by atoms with Crippen LogP contribution in [0.3, 0.4) is 0 Å². The predicted octanol–water partition coefficient (Wildman–Crippen LogP) is 1.32. The molecule has 94 valence electrons. The van der Waals surface area contributed by atoms with E-state index in [1.807, 2.05) is 0 Å². The largest absolute Gasteiger partial charge is 0.504 e. The lowest BCUT2D eigenvalue weighted by Crippen LogP contribution is -2.32. The number of aromatic hydroxyl groups is 1. The van der Waals surface area contributed by atoms with Gasteiger partial charge in [0.1, 0.15) is 6.04 Å². The van der Waals surface area contributed by atoms with Crippen molar-refractivity contribution in [2.45, 2.75) is 19.4 Å². The molecular formula is C11H14ClNO4. The molecule has 0 bridgehead atoms. The molecule has 0 heterocycles. The van der Waals surface area contributed by atoms with Crippen molar-refractivity contribution < 1.29 is 19.7 Å². The SMILES string of the molecule is COc1cc(Cl)c(C)c(CC(N)C(=O)O)c1O. The number of nitrogens with two attached hydrogens (primary N) is 1. The number of hydrogen-bond donors (Lipinski definition) is 3. The third kappa shape index (κ3) is 2.81. The normalized spacial score (nSPS) is 12.2. The zero-order valence-corrected chi connectivity index (χ0v) is 10.3. The maximum Gasteiger partial charge on any atom is 0.320 e. The molecule has 0 aliphatic carbocycles. The Labute approximate surface area is 104 Å². The van der Waals surface area contributed by atoms with Crippen LogP contribution in [0.2, 0.25) is 5.02 Å². The van der Waals surface area contributed by atoms with Gasteiger partial charge in [0.05, 0.1) is 7.11 Å². The number of carbonyl (C=O) groups is 1. The van der Waals surface area contributed by atoms with Crippen molar-refractivity contribution >= 4 is 17.6 Å². The summed E-state index contributed by atoms with van der Waals surface area (Å²) in [4.78, 5) is 10.7. The van der Waals surface area contributed by atoms with E-state index in [0.29, 0.717) is 16.1 Å². The highest BCUT2D eigenvalue weighted by Gasteiger charge is 2.20. The van der Waals surface area contributed by atoms with Gasteiger partial charge < -0.3 is 20.7 Å². The Kier molecular flexibility index (Phi) is 4.20. The van der Waals surface area contributed by atoms with E-state index in [1.165, 1.54) is 13.2 Å². The minimum Gasteiger partial charge on any atom is -0.504 e. The molecule has 1 atom stereocenters. The van der Waals surface area contributed by atoms with Gasteiger partial charge in [0, 0.05) is 23.1 Å². The minimum atomic E-state index is -1.14. The second-order valence-corrected chi connectivity index (χ2v) is 4.07. The van der Waals surface area contributed by atoms with Crippen LogP contribution in [0, 0.1) is 6.92 Å². The molecule has 1 aromatic carbocycles. The number of phenols is 1. The van der Waals surface area contributed by atoms with Crippen molar-refractivity contribution in [1.82, 2.24) is 0 Å². The lowest BCUT2D eigenvalue weighted by molar-refractivity contribution is -0.138. The van der Waals surface area contributed by atoms with Crippen molar-refractivity contribution in [3.63, 3.8) is 0 Å². The fourth-order valence-electron chi connectivity index (χ4n) is 1.47. The highest BCUT2D eigenvalue weighted by Crippen LogP contribution is 2.37. The van der Waals surface area contributed by atoms with Crippen molar-refractivity contribution in [2.75, 3.05) is 7.11 Å². The molecule has 0 amide bonds. The van der Waals surface area contributed by atoms with E-state index in [4.69, 9.17) is 27.2 Å². The first-order valence-electron chi connectivity index (χ1n) is 4.91. The van der Waals surface area contributed by atoms with Crippen LogP contribution >= 0.6 is 11.6 Å². The van der Waals surface area contributed by atoms with Crippen molar-refractivity contribution in [2.24, 2.45) is 5.73 Å². The van der Waals surface area contributed by atoms with Crippen LogP contribution in [0.1, 0.15) is 11.1 Å². The van der Waals surface area contributed by atoms with Gasteiger partial charge in [-0.2, -0.15) is 0 Å². The quantitative estimate of drug-likeness (QED) is 0.758. The molecule has 17 heavy (non-hydrogen) atoms. The molecule has 0 radical (unpaired) electrons. The van der Waals surface area contributed by atoms with Crippen molar-refractivity contribution in [3.05, 3.63) is 22.2 Å². The number of ether oxygens (including phenoxy) is 1. The van der Waals surface area contributed by atoms with Gasteiger partial charge in [-0.15, -0.1) is 0 Å². The topological polar surface area (TPSA) is 92.8 Å². The molecule has 0 saturated carbocycles. The van der Waals surface area contributed by atoms with Crippen LogP contribution in [0.5, 0.6) is 11.5 Å². The number of carboxylic acids is 1. The van der Waals surface area contributed by atoms with Gasteiger partial charge in [0.25, 0.3) is 0 Å². The number of aliphatic carboxylic acids is 1. The van der Waals surface area contributed by atoms with Gasteiger partial charge in [-0.1, -0.05) is 11.6 Å². The number of halogens is 1. The number of hydrogen-bond acceptors (Lipinski definition) is 4. The Bertz CT molecular complexity index is 448. The highest BCUT2D eigenvalue weighted by molar-refractivity contribution is 6.31. The molecular weight excluding hydrogens is 246 g/mol. The van der Waals surface area contributed by atoms with Gasteiger partial charge in [0.15, 0.2) is 11.5 Å². The molecule has 1 rings (SSSR count). The van der Waals surface area contributed by atoms with Crippen LogP contribution in [0.25, 0.3) is 0 Å². The maximum absolute atomic E-state index is 10.7. The standard InChI is InChI=1S/C11H14ClNO4/c1-5-6(3-8(13)11(15)16)10(14)9(17-2)4-7(5)12/h4,8,14H,3,13H2,1-2H3,(H,15,16). The van der Waals surface area contributed by atoms with Crippen LogP contribution in [0.15, 0.2) is 6.07 Å². The summed E-state index contributed by atoms with van der Waals surface area (Å²) in [5.74, 6) is -1.05. The Balaban J connectivity index is 3.22. The Morgan fingerprint density at radius 3 is 2.71 bits per heavy atom. The van der Waals surface area contributed by atoms with Crippen LogP contribution in [-0.4, -0.2) is 29.3 Å². The average molecular weight is 260 g/mol. The first-order valence-corrected chi connectivity index (χ1v) is 5.29. The molecule has 5 nitrogen and oxygen atoms in total. The predicted molar refractivity (Wildman–Crippen MR) is 63.7 cm³/mol. The van der Waals surface area contributed by atoms with Crippen molar-refractivity contribution in [1.29, 1.82) is 0 Å². The Morgan fingerprint density at radius 1 is 1.65 bits per heavy atom. The molecule has 0 spiro atoms. The minimum absolute atomic E-state index is 0.0100. The molecule has 0 aliphatic heterocycles. The number of benzene rings is 1. The summed E-state index contributed by atoms with van der Waals surface area (Å²) in [6, 6.07) is 0.380. The Morgan fingerprint density at radius 2 is 2.24 bits per heavy atom. The van der Waals surface area contributed by atoms with E-state index >= 15 is 0 Å². The van der Waals surface area contributed by atoms with Gasteiger partial charge in [0.2, 0.25) is 0 Å². The third-order valence-corrected chi connectivity index (χ3v) is 2.94. The summed E-state index contributed by atoms with van der Waals surface area (Å²) in [6.07, 6.45) is -0.0100. The highest BCUT2D eigenvalue weighted by atomic mass is 35.5. The number of carboxylic acid groups (broad SMARTS) is 1. The summed E-state index contributed by atoms with van der Waals surface area (Å²) in [5.41, 5.74) is 6.42. The van der Waals surface area contributed by atoms with E-state index in [9.17, 15) is 9.90 Å². The second kappa shape index (κ2) is 5.25. The van der Waals surface area contributed by atoms with Gasteiger partial charge in [-0.25, -0.2) is 0 Å². The zero-order valence-electron chi connectivity index (χ0n) is 9.53. The monoisotopic (exact) mass is 259 g/mol. The van der Waals surface area contributed by atoms with Gasteiger partial charge >= 0.3 is 5.97 Å². The molecule has 6 heteroatoms. The van der Waals surface area contributed by atoms with Crippen LogP contribution in [-0.2, 0) is 11.2 Å². The number of rotatable bonds is 4. The first-order chi connectivity index (χ1) is 7.88. The summed E-state index contributed by atoms with van der Waals surface area (Å²) in [5, 5.41) is 19.0. The molecule has 0 saturated heterocycles. The molecule has 1 unspecified atom stereocenters. The van der Waals surface area contributed by atoms with Gasteiger partial charge in [-0.05, 0) is 12.5 Å². The van der Waals surface area contributed by atoms with Gasteiger partial charge in [-0.3, -0.25) is 4.79 Å². The fraction of sp³-hybridized carbons (Fsp3) is 0.364. The summed E-state index contributed by atoms with van der Waals surface area (Å²) >= 11 is 5.95. The molecule has 0 aliphatic rings. The smallest absolute Gasteiger partial charge is 0.320 e. The fourth-order valence-corrected chi connectivity index (χ4v) is 1.69.